The molecule has 1 amide bonds. The van der Waals surface area contributed by atoms with Gasteiger partial charge in [0.05, 0.1) is 12.1 Å². The summed E-state index contributed by atoms with van der Waals surface area (Å²) in [6.45, 7) is 0.405. The molecule has 0 radical (unpaired) electrons. The first kappa shape index (κ1) is 11.4. The maximum absolute atomic E-state index is 12.0. The zero-order chi connectivity index (χ0) is 13.2. The molecule has 0 fully saturated rings. The molecule has 0 atom stereocenters. The molecule has 3 rings (SSSR count). The van der Waals surface area contributed by atoms with Crippen LogP contribution in [0, 0.1) is 0 Å². The van der Waals surface area contributed by atoms with E-state index in [9.17, 15) is 4.79 Å². The van der Waals surface area contributed by atoms with Crippen molar-refractivity contribution in [2.24, 2.45) is 0 Å². The Bertz CT molecular complexity index is 610. The quantitative estimate of drug-likeness (QED) is 0.797. The molecule has 98 valence electrons. The number of amides is 1. The third-order valence-corrected chi connectivity index (χ3v) is 2.71. The van der Waals surface area contributed by atoms with Crippen LogP contribution in [-0.4, -0.2) is 17.9 Å². The fourth-order valence-corrected chi connectivity index (χ4v) is 1.75. The fourth-order valence-electron chi connectivity index (χ4n) is 1.75. The number of benzene rings is 1. The van der Waals surface area contributed by atoms with Crippen LogP contribution in [0.5, 0.6) is 11.5 Å². The van der Waals surface area contributed by atoms with E-state index in [2.05, 4.69) is 15.0 Å². The molecule has 1 aliphatic heterocycles. The number of nitrogen functional groups attached to an aromatic ring is 1. The van der Waals surface area contributed by atoms with Gasteiger partial charge in [-0.25, -0.2) is 0 Å². The van der Waals surface area contributed by atoms with Crippen LogP contribution >= 0.6 is 0 Å². The van der Waals surface area contributed by atoms with E-state index in [-0.39, 0.29) is 19.2 Å². The molecule has 0 unspecified atom stereocenters. The van der Waals surface area contributed by atoms with E-state index in [0.29, 0.717) is 28.4 Å². The Morgan fingerprint density at radius 3 is 2.89 bits per heavy atom. The number of ether oxygens (including phenoxy) is 2. The van der Waals surface area contributed by atoms with Crippen molar-refractivity contribution in [3.8, 4) is 11.5 Å². The highest BCUT2D eigenvalue weighted by Gasteiger charge is 2.19. The Kier molecular flexibility index (Phi) is 2.71. The SMILES string of the molecule is Nc1cc2c(cc1C(=O)NCc1ccon1)OCO2. The molecule has 0 bridgehead atoms. The second-order valence-corrected chi connectivity index (χ2v) is 3.97. The number of nitrogens with one attached hydrogen (secondary N) is 1. The number of rotatable bonds is 3. The third kappa shape index (κ3) is 2.17. The summed E-state index contributed by atoms with van der Waals surface area (Å²) in [5, 5.41) is 6.39. The number of hydrogen-bond acceptors (Lipinski definition) is 6. The van der Waals surface area contributed by atoms with Crippen LogP contribution in [0.4, 0.5) is 5.69 Å². The number of nitrogens with zero attached hydrogens (tertiary/aromatic N) is 1. The second kappa shape index (κ2) is 4.52. The molecule has 3 N–H and O–H groups in total. The highest BCUT2D eigenvalue weighted by molar-refractivity contribution is 6.00. The van der Waals surface area contributed by atoms with Crippen LogP contribution in [0.15, 0.2) is 29.0 Å². The molecule has 0 saturated carbocycles. The number of carbonyl (C=O) groups excluding carboxylic acids is 1. The van der Waals surface area contributed by atoms with Crippen molar-refractivity contribution in [1.29, 1.82) is 0 Å². The van der Waals surface area contributed by atoms with Gasteiger partial charge in [-0.1, -0.05) is 5.16 Å². The monoisotopic (exact) mass is 261 g/mol. The average molecular weight is 261 g/mol. The van der Waals surface area contributed by atoms with Crippen LogP contribution in [0.1, 0.15) is 16.1 Å². The van der Waals surface area contributed by atoms with Crippen LogP contribution in [0.25, 0.3) is 0 Å². The van der Waals surface area contributed by atoms with Crippen LogP contribution in [0.3, 0.4) is 0 Å². The van der Waals surface area contributed by atoms with E-state index in [1.54, 1.807) is 18.2 Å². The van der Waals surface area contributed by atoms with E-state index in [4.69, 9.17) is 15.2 Å². The summed E-state index contributed by atoms with van der Waals surface area (Å²) in [5.74, 6) is 0.755. The lowest BCUT2D eigenvalue weighted by Gasteiger charge is -2.07. The number of fused-ring (bicyclic) bond motifs is 1. The van der Waals surface area contributed by atoms with E-state index in [0.717, 1.165) is 0 Å². The van der Waals surface area contributed by atoms with Gasteiger partial charge < -0.3 is 25.0 Å². The van der Waals surface area contributed by atoms with Gasteiger partial charge in [-0.2, -0.15) is 0 Å². The third-order valence-electron chi connectivity index (χ3n) is 2.71. The molecule has 0 saturated heterocycles. The van der Waals surface area contributed by atoms with Gasteiger partial charge in [0.25, 0.3) is 5.91 Å². The maximum Gasteiger partial charge on any atom is 0.253 e. The van der Waals surface area contributed by atoms with Gasteiger partial charge in [-0.05, 0) is 6.07 Å². The van der Waals surface area contributed by atoms with Gasteiger partial charge in [-0.15, -0.1) is 0 Å². The van der Waals surface area contributed by atoms with Gasteiger partial charge >= 0.3 is 0 Å². The molecule has 0 spiro atoms. The number of anilines is 1. The normalized spacial score (nSPS) is 12.4. The summed E-state index contributed by atoms with van der Waals surface area (Å²) in [6.07, 6.45) is 1.44. The number of aromatic nitrogens is 1. The second-order valence-electron chi connectivity index (χ2n) is 3.97. The molecule has 19 heavy (non-hydrogen) atoms. The Morgan fingerprint density at radius 1 is 1.37 bits per heavy atom. The smallest absolute Gasteiger partial charge is 0.253 e. The van der Waals surface area contributed by atoms with Gasteiger partial charge in [0.1, 0.15) is 12.0 Å². The highest BCUT2D eigenvalue weighted by Crippen LogP contribution is 2.35. The molecule has 2 heterocycles. The molecule has 7 heteroatoms. The van der Waals surface area contributed by atoms with Crippen molar-refractivity contribution in [1.82, 2.24) is 10.5 Å². The van der Waals surface area contributed by atoms with Crippen molar-refractivity contribution < 1.29 is 18.8 Å². The minimum atomic E-state index is -0.307. The van der Waals surface area contributed by atoms with Crippen molar-refractivity contribution >= 4 is 11.6 Å². The number of hydrogen-bond donors (Lipinski definition) is 2. The maximum atomic E-state index is 12.0. The molecule has 1 aliphatic rings. The summed E-state index contributed by atoms with van der Waals surface area (Å²) in [7, 11) is 0. The van der Waals surface area contributed by atoms with Crippen LogP contribution in [0.2, 0.25) is 0 Å². The Labute approximate surface area is 108 Å². The number of nitrogens with two attached hydrogens (primary N) is 1. The fraction of sp³-hybridized carbons (Fsp3) is 0.167. The minimum Gasteiger partial charge on any atom is -0.454 e. The minimum absolute atomic E-state index is 0.138. The molecule has 1 aromatic carbocycles. The van der Waals surface area contributed by atoms with E-state index < -0.39 is 0 Å². The van der Waals surface area contributed by atoms with Crippen molar-refractivity contribution in [2.75, 3.05) is 12.5 Å². The first-order chi connectivity index (χ1) is 9.24. The van der Waals surface area contributed by atoms with E-state index in [1.807, 2.05) is 0 Å². The highest BCUT2D eigenvalue weighted by atomic mass is 16.7. The summed E-state index contributed by atoms with van der Waals surface area (Å²) >= 11 is 0. The van der Waals surface area contributed by atoms with E-state index >= 15 is 0 Å². The average Bonchev–Trinajstić information content (AvgIpc) is 3.05. The molecule has 1 aromatic heterocycles. The van der Waals surface area contributed by atoms with Crippen molar-refractivity contribution in [2.45, 2.75) is 6.54 Å². The Hall–Kier alpha value is -2.70. The Morgan fingerprint density at radius 2 is 2.16 bits per heavy atom. The van der Waals surface area contributed by atoms with Gasteiger partial charge in [0, 0.05) is 17.8 Å². The predicted molar refractivity (Wildman–Crippen MR) is 64.7 cm³/mol. The number of carbonyl (C=O) groups is 1. The summed E-state index contributed by atoms with van der Waals surface area (Å²) in [6, 6.07) is 4.81. The topological polar surface area (TPSA) is 99.6 Å². The lowest BCUT2D eigenvalue weighted by atomic mass is 10.1. The molecule has 7 nitrogen and oxygen atoms in total. The zero-order valence-corrected chi connectivity index (χ0v) is 9.88. The van der Waals surface area contributed by atoms with Crippen LogP contribution in [-0.2, 0) is 6.54 Å². The lowest BCUT2D eigenvalue weighted by molar-refractivity contribution is 0.0950. The van der Waals surface area contributed by atoms with Crippen molar-refractivity contribution in [3.05, 3.63) is 35.7 Å². The Balaban J connectivity index is 1.76. The lowest BCUT2D eigenvalue weighted by Crippen LogP contribution is -2.23. The van der Waals surface area contributed by atoms with Gasteiger partial charge in [-0.3, -0.25) is 4.79 Å². The summed E-state index contributed by atoms with van der Waals surface area (Å²) in [4.78, 5) is 12.0. The molecular weight excluding hydrogens is 250 g/mol. The van der Waals surface area contributed by atoms with Crippen LogP contribution < -0.4 is 20.5 Å². The van der Waals surface area contributed by atoms with Gasteiger partial charge in [0.15, 0.2) is 11.5 Å². The largest absolute Gasteiger partial charge is 0.454 e. The predicted octanol–water partition coefficient (Wildman–Crippen LogP) is 0.915. The van der Waals surface area contributed by atoms with E-state index in [1.165, 1.54) is 6.26 Å². The first-order valence-corrected chi connectivity index (χ1v) is 5.60. The standard InChI is InChI=1S/C12H11N3O4/c13-9-4-11-10(17-6-18-11)3-8(9)12(16)14-5-7-1-2-19-15-7/h1-4H,5-6,13H2,(H,14,16). The zero-order valence-electron chi connectivity index (χ0n) is 9.88. The first-order valence-electron chi connectivity index (χ1n) is 5.60. The molecule has 0 aliphatic carbocycles. The summed E-state index contributed by atoms with van der Waals surface area (Å²) < 4.78 is 15.1. The molecular formula is C12H11N3O4. The van der Waals surface area contributed by atoms with Gasteiger partial charge in [0.2, 0.25) is 6.79 Å². The summed E-state index contributed by atoms with van der Waals surface area (Å²) in [5.41, 5.74) is 7.12. The van der Waals surface area contributed by atoms with Crippen molar-refractivity contribution in [3.63, 3.8) is 0 Å². The molecule has 2 aromatic rings.